The SMILES string of the molecule is CC(C)c1ccc(C(=O)N(C)CCCN2c3ccccc3CCc3ccccc32)cc1. The zero-order valence-corrected chi connectivity index (χ0v) is 18.8. The van der Waals surface area contributed by atoms with E-state index in [1.54, 1.807) is 0 Å². The molecule has 0 bridgehead atoms. The second kappa shape index (κ2) is 9.38. The number of hydrogen-bond acceptors (Lipinski definition) is 2. The summed E-state index contributed by atoms with van der Waals surface area (Å²) < 4.78 is 0. The zero-order chi connectivity index (χ0) is 21.8. The van der Waals surface area contributed by atoms with Gasteiger partial charge < -0.3 is 9.80 Å². The number of nitrogens with zero attached hydrogens (tertiary/aromatic N) is 2. The molecule has 0 aliphatic carbocycles. The summed E-state index contributed by atoms with van der Waals surface area (Å²) in [5, 5.41) is 0. The van der Waals surface area contributed by atoms with Gasteiger partial charge in [-0.1, -0.05) is 62.4 Å². The molecule has 1 aliphatic rings. The molecule has 3 nitrogen and oxygen atoms in total. The number of aryl methyl sites for hydroxylation is 2. The molecule has 0 aromatic heterocycles. The molecule has 0 radical (unpaired) electrons. The smallest absolute Gasteiger partial charge is 0.253 e. The van der Waals surface area contributed by atoms with Gasteiger partial charge in [0, 0.05) is 37.1 Å². The van der Waals surface area contributed by atoms with Crippen LogP contribution in [-0.4, -0.2) is 30.9 Å². The molecule has 1 aliphatic heterocycles. The van der Waals surface area contributed by atoms with E-state index >= 15 is 0 Å². The van der Waals surface area contributed by atoms with Gasteiger partial charge in [-0.3, -0.25) is 4.79 Å². The number of anilines is 2. The van der Waals surface area contributed by atoms with Gasteiger partial charge in [0.25, 0.3) is 5.91 Å². The van der Waals surface area contributed by atoms with Crippen molar-refractivity contribution in [1.82, 2.24) is 4.90 Å². The Morgan fingerprint density at radius 2 is 1.42 bits per heavy atom. The average molecular weight is 413 g/mol. The van der Waals surface area contributed by atoms with E-state index in [9.17, 15) is 4.79 Å². The average Bonchev–Trinajstić information content (AvgIpc) is 2.96. The lowest BCUT2D eigenvalue weighted by atomic mass is 10.0. The maximum absolute atomic E-state index is 12.9. The van der Waals surface area contributed by atoms with Crippen LogP contribution in [0, 0.1) is 0 Å². The van der Waals surface area contributed by atoms with Crippen LogP contribution in [0.2, 0.25) is 0 Å². The minimum Gasteiger partial charge on any atom is -0.342 e. The van der Waals surface area contributed by atoms with E-state index in [0.717, 1.165) is 37.9 Å². The molecule has 0 unspecified atom stereocenters. The van der Waals surface area contributed by atoms with Gasteiger partial charge in [0.15, 0.2) is 0 Å². The van der Waals surface area contributed by atoms with Gasteiger partial charge >= 0.3 is 0 Å². The number of carbonyl (C=O) groups is 1. The third-order valence-corrected chi connectivity index (χ3v) is 6.27. The summed E-state index contributed by atoms with van der Waals surface area (Å²) in [7, 11) is 1.91. The lowest BCUT2D eigenvalue weighted by Gasteiger charge is -2.28. The van der Waals surface area contributed by atoms with Gasteiger partial charge in [-0.2, -0.15) is 0 Å². The van der Waals surface area contributed by atoms with Crippen molar-refractivity contribution in [3.63, 3.8) is 0 Å². The van der Waals surface area contributed by atoms with Crippen LogP contribution in [0.25, 0.3) is 0 Å². The Bertz CT molecular complexity index is 991. The number of fused-ring (bicyclic) bond motifs is 2. The van der Waals surface area contributed by atoms with Crippen LogP contribution < -0.4 is 4.90 Å². The van der Waals surface area contributed by atoms with Crippen LogP contribution in [-0.2, 0) is 12.8 Å². The predicted molar refractivity (Wildman–Crippen MR) is 129 cm³/mol. The Morgan fingerprint density at radius 1 is 0.871 bits per heavy atom. The fourth-order valence-corrected chi connectivity index (χ4v) is 4.41. The molecule has 0 N–H and O–H groups in total. The minimum absolute atomic E-state index is 0.0898. The predicted octanol–water partition coefficient (Wildman–Crippen LogP) is 6.21. The van der Waals surface area contributed by atoms with Crippen molar-refractivity contribution in [2.45, 2.75) is 39.0 Å². The lowest BCUT2D eigenvalue weighted by molar-refractivity contribution is 0.0794. The first kappa shape index (κ1) is 21.2. The highest BCUT2D eigenvalue weighted by Gasteiger charge is 2.20. The van der Waals surface area contributed by atoms with Gasteiger partial charge in [0.1, 0.15) is 0 Å². The molecule has 0 fully saturated rings. The topological polar surface area (TPSA) is 23.6 Å². The van der Waals surface area contributed by atoms with E-state index in [1.807, 2.05) is 24.1 Å². The molecule has 1 heterocycles. The summed E-state index contributed by atoms with van der Waals surface area (Å²) in [6.45, 7) is 5.95. The maximum Gasteiger partial charge on any atom is 0.253 e. The number of carbonyl (C=O) groups excluding carboxylic acids is 1. The Hall–Kier alpha value is -3.07. The van der Waals surface area contributed by atoms with Crippen molar-refractivity contribution in [3.8, 4) is 0 Å². The molecule has 3 aromatic rings. The first-order valence-electron chi connectivity index (χ1n) is 11.3. The number of hydrogen-bond donors (Lipinski definition) is 0. The molecule has 3 heteroatoms. The van der Waals surface area contributed by atoms with Crippen molar-refractivity contribution in [3.05, 3.63) is 95.1 Å². The molecule has 1 amide bonds. The largest absolute Gasteiger partial charge is 0.342 e. The first-order valence-corrected chi connectivity index (χ1v) is 11.3. The van der Waals surface area contributed by atoms with Gasteiger partial charge in [-0.25, -0.2) is 0 Å². The summed E-state index contributed by atoms with van der Waals surface area (Å²) in [5.74, 6) is 0.563. The third-order valence-electron chi connectivity index (χ3n) is 6.27. The van der Waals surface area contributed by atoms with Crippen molar-refractivity contribution >= 4 is 17.3 Å². The first-order chi connectivity index (χ1) is 15.0. The molecule has 4 rings (SSSR count). The van der Waals surface area contributed by atoms with E-state index in [-0.39, 0.29) is 5.91 Å². The number of amides is 1. The highest BCUT2D eigenvalue weighted by atomic mass is 16.2. The summed E-state index contributed by atoms with van der Waals surface area (Å²) in [5.41, 5.74) is 7.41. The Kier molecular flexibility index (Phi) is 6.41. The highest BCUT2D eigenvalue weighted by molar-refractivity contribution is 5.94. The second-order valence-corrected chi connectivity index (χ2v) is 8.77. The highest BCUT2D eigenvalue weighted by Crippen LogP contribution is 2.35. The molecule has 0 saturated heterocycles. The zero-order valence-electron chi connectivity index (χ0n) is 18.8. The minimum atomic E-state index is 0.0898. The van der Waals surface area contributed by atoms with Gasteiger partial charge in [-0.15, -0.1) is 0 Å². The van der Waals surface area contributed by atoms with E-state index in [2.05, 4.69) is 79.4 Å². The van der Waals surface area contributed by atoms with Crippen LogP contribution in [0.3, 0.4) is 0 Å². The van der Waals surface area contributed by atoms with E-state index < -0.39 is 0 Å². The normalized spacial score (nSPS) is 12.8. The van der Waals surface area contributed by atoms with Gasteiger partial charge in [0.2, 0.25) is 0 Å². The standard InChI is InChI=1S/C28H32N2O/c1-21(2)22-13-17-25(18-14-22)28(31)29(3)19-8-20-30-26-11-6-4-9-23(26)15-16-24-10-5-7-12-27(24)30/h4-7,9-14,17-18,21H,8,15-16,19-20H2,1-3H3. The Morgan fingerprint density at radius 3 is 1.97 bits per heavy atom. The fraction of sp³-hybridized carbons (Fsp3) is 0.321. The number of para-hydroxylation sites is 2. The van der Waals surface area contributed by atoms with Gasteiger partial charge in [-0.05, 0) is 66.1 Å². The molecule has 0 spiro atoms. The monoisotopic (exact) mass is 412 g/mol. The second-order valence-electron chi connectivity index (χ2n) is 8.77. The van der Waals surface area contributed by atoms with Crippen molar-refractivity contribution in [1.29, 1.82) is 0 Å². The summed E-state index contributed by atoms with van der Waals surface area (Å²) in [6, 6.07) is 25.5. The molecule has 0 saturated carbocycles. The Labute approximate surface area is 186 Å². The molecular weight excluding hydrogens is 380 g/mol. The maximum atomic E-state index is 12.9. The molecular formula is C28H32N2O. The summed E-state index contributed by atoms with van der Waals surface area (Å²) in [4.78, 5) is 17.2. The van der Waals surface area contributed by atoms with Gasteiger partial charge in [0.05, 0.1) is 0 Å². The van der Waals surface area contributed by atoms with Crippen molar-refractivity contribution < 1.29 is 4.79 Å². The van der Waals surface area contributed by atoms with E-state index in [0.29, 0.717) is 5.92 Å². The van der Waals surface area contributed by atoms with Crippen LogP contribution in [0.4, 0.5) is 11.4 Å². The number of rotatable bonds is 6. The Balaban J connectivity index is 1.45. The molecule has 31 heavy (non-hydrogen) atoms. The van der Waals surface area contributed by atoms with E-state index in [4.69, 9.17) is 0 Å². The van der Waals surface area contributed by atoms with Crippen LogP contribution in [0.1, 0.15) is 53.2 Å². The van der Waals surface area contributed by atoms with Crippen LogP contribution >= 0.6 is 0 Å². The molecule has 160 valence electrons. The summed E-state index contributed by atoms with van der Waals surface area (Å²) >= 11 is 0. The van der Waals surface area contributed by atoms with Crippen LogP contribution in [0.15, 0.2) is 72.8 Å². The van der Waals surface area contributed by atoms with Crippen molar-refractivity contribution in [2.75, 3.05) is 25.0 Å². The summed E-state index contributed by atoms with van der Waals surface area (Å²) in [6.07, 6.45) is 3.04. The molecule has 3 aromatic carbocycles. The van der Waals surface area contributed by atoms with E-state index in [1.165, 1.54) is 28.1 Å². The lowest BCUT2D eigenvalue weighted by Crippen LogP contribution is -2.30. The third kappa shape index (κ3) is 4.66. The fourth-order valence-electron chi connectivity index (χ4n) is 4.41. The number of benzene rings is 3. The van der Waals surface area contributed by atoms with Crippen LogP contribution in [0.5, 0.6) is 0 Å². The molecule has 0 atom stereocenters. The quantitative estimate of drug-likeness (QED) is 0.481. The van der Waals surface area contributed by atoms with Crippen molar-refractivity contribution in [2.24, 2.45) is 0 Å².